The van der Waals surface area contributed by atoms with Crippen molar-refractivity contribution in [1.29, 1.82) is 0 Å². The number of alkyl halides is 2. The maximum atomic E-state index is 15.4. The van der Waals surface area contributed by atoms with Crippen LogP contribution in [0, 0.1) is 0 Å². The minimum absolute atomic E-state index is 0.154. The van der Waals surface area contributed by atoms with Crippen molar-refractivity contribution in [1.82, 2.24) is 10.3 Å². The van der Waals surface area contributed by atoms with Gasteiger partial charge < -0.3 is 19.5 Å². The highest BCUT2D eigenvalue weighted by Gasteiger charge is 2.51. The van der Waals surface area contributed by atoms with Gasteiger partial charge in [-0.05, 0) is 52.5 Å². The summed E-state index contributed by atoms with van der Waals surface area (Å²) >= 11 is 0. The summed E-state index contributed by atoms with van der Waals surface area (Å²) in [5.74, 6) is -2.27. The number of nitrogens with one attached hydrogen (secondary N) is 2. The zero-order valence-electron chi connectivity index (χ0n) is 22.9. The van der Waals surface area contributed by atoms with E-state index in [1.54, 1.807) is 7.11 Å². The number of rotatable bonds is 11. The van der Waals surface area contributed by atoms with Crippen molar-refractivity contribution in [3.63, 3.8) is 0 Å². The molecule has 4 aromatic rings. The van der Waals surface area contributed by atoms with E-state index in [0.717, 1.165) is 32.6 Å². The minimum atomic E-state index is -3.04. The molecule has 38 heavy (non-hydrogen) atoms. The lowest BCUT2D eigenvalue weighted by Crippen LogP contribution is -2.67. The molecule has 0 radical (unpaired) electrons. The molecule has 1 heterocycles. The second-order valence-corrected chi connectivity index (χ2v) is 15.3. The quantitative estimate of drug-likeness (QED) is 0.234. The van der Waals surface area contributed by atoms with E-state index < -0.39 is 27.4 Å². The molecular formula is C31H38F2N2O2Si. The second-order valence-electron chi connectivity index (χ2n) is 11.0. The standard InChI is InChI=1S/C31H38F2N2O2Si/c1-23(18-24-20-34-29-17-16-25(36-5)19-28(24)29)35-21-31(32,33)22-37-38(30(2,3)4,26-12-8-6-9-13-26)27-14-10-7-11-15-27/h6-17,19-20,23,34-35H,18,21-22H2,1-5H3/t23-/m1/s1. The Kier molecular flexibility index (Phi) is 8.40. The molecule has 2 N–H and O–H groups in total. The number of H-pyrrole nitrogens is 1. The van der Waals surface area contributed by atoms with Gasteiger partial charge in [-0.3, -0.25) is 0 Å². The van der Waals surface area contributed by atoms with Gasteiger partial charge in [0.1, 0.15) is 5.75 Å². The van der Waals surface area contributed by atoms with Gasteiger partial charge in [-0.2, -0.15) is 0 Å². The molecule has 202 valence electrons. The van der Waals surface area contributed by atoms with Gasteiger partial charge in [-0.25, -0.2) is 8.78 Å². The predicted molar refractivity (Wildman–Crippen MR) is 155 cm³/mol. The lowest BCUT2D eigenvalue weighted by atomic mass is 10.1. The molecule has 1 aromatic heterocycles. The average Bonchev–Trinajstić information content (AvgIpc) is 3.30. The summed E-state index contributed by atoms with van der Waals surface area (Å²) in [6, 6.07) is 25.4. The third kappa shape index (κ3) is 6.01. The van der Waals surface area contributed by atoms with Gasteiger partial charge >= 0.3 is 0 Å². The fourth-order valence-electron chi connectivity index (χ4n) is 5.21. The SMILES string of the molecule is COc1ccc2[nH]cc(C[C@@H](C)NCC(F)(F)CO[Si](c3ccccc3)(c3ccccc3)C(C)(C)C)c2c1. The molecule has 7 heteroatoms. The van der Waals surface area contributed by atoms with Gasteiger partial charge in [-0.15, -0.1) is 0 Å². The van der Waals surface area contributed by atoms with Crippen LogP contribution in [0.3, 0.4) is 0 Å². The molecule has 1 atom stereocenters. The number of ether oxygens (including phenoxy) is 1. The maximum absolute atomic E-state index is 15.4. The van der Waals surface area contributed by atoms with Gasteiger partial charge in [0.15, 0.2) is 0 Å². The van der Waals surface area contributed by atoms with Crippen LogP contribution in [0.2, 0.25) is 5.04 Å². The highest BCUT2D eigenvalue weighted by molar-refractivity contribution is 6.99. The molecule has 0 saturated heterocycles. The molecule has 4 nitrogen and oxygen atoms in total. The van der Waals surface area contributed by atoms with E-state index in [1.807, 2.05) is 92.0 Å². The van der Waals surface area contributed by atoms with Crippen LogP contribution in [-0.4, -0.2) is 45.5 Å². The zero-order chi connectivity index (χ0) is 27.4. The Morgan fingerprint density at radius 3 is 2.08 bits per heavy atom. The summed E-state index contributed by atoms with van der Waals surface area (Å²) in [6.07, 6.45) is 2.55. The molecule has 0 aliphatic carbocycles. The highest BCUT2D eigenvalue weighted by atomic mass is 28.4. The summed E-state index contributed by atoms with van der Waals surface area (Å²) in [6.45, 7) is 7.09. The molecular weight excluding hydrogens is 498 g/mol. The normalized spacial score (nSPS) is 13.6. The first kappa shape index (κ1) is 28.0. The zero-order valence-corrected chi connectivity index (χ0v) is 23.9. The fourth-order valence-corrected chi connectivity index (χ4v) is 9.79. The van der Waals surface area contributed by atoms with Gasteiger partial charge in [-0.1, -0.05) is 81.4 Å². The van der Waals surface area contributed by atoms with Gasteiger partial charge in [0.25, 0.3) is 14.2 Å². The van der Waals surface area contributed by atoms with Crippen molar-refractivity contribution in [2.75, 3.05) is 20.3 Å². The molecule has 0 bridgehead atoms. The van der Waals surface area contributed by atoms with Crippen LogP contribution >= 0.6 is 0 Å². The van der Waals surface area contributed by atoms with Crippen LogP contribution in [0.15, 0.2) is 85.1 Å². The smallest absolute Gasteiger partial charge is 0.281 e. The third-order valence-electron chi connectivity index (χ3n) is 7.13. The summed E-state index contributed by atoms with van der Waals surface area (Å²) in [4.78, 5) is 3.25. The van der Waals surface area contributed by atoms with Crippen molar-refractivity contribution >= 4 is 29.6 Å². The molecule has 4 rings (SSSR count). The summed E-state index contributed by atoms with van der Waals surface area (Å²) in [5, 5.41) is 5.72. The molecule has 0 amide bonds. The Labute approximate surface area is 225 Å². The number of aromatic nitrogens is 1. The van der Waals surface area contributed by atoms with E-state index in [0.29, 0.717) is 6.42 Å². The van der Waals surface area contributed by atoms with Crippen LogP contribution < -0.4 is 20.4 Å². The topological polar surface area (TPSA) is 46.3 Å². The number of aromatic amines is 1. The van der Waals surface area contributed by atoms with Crippen LogP contribution in [0.1, 0.15) is 33.3 Å². The summed E-state index contributed by atoms with van der Waals surface area (Å²) in [7, 11) is -1.40. The molecule has 3 aromatic carbocycles. The third-order valence-corrected chi connectivity index (χ3v) is 12.1. The van der Waals surface area contributed by atoms with E-state index in [2.05, 4.69) is 31.1 Å². The molecule has 0 aliphatic heterocycles. The van der Waals surface area contributed by atoms with E-state index in [9.17, 15) is 0 Å². The van der Waals surface area contributed by atoms with Crippen molar-refractivity contribution in [3.05, 3.63) is 90.6 Å². The van der Waals surface area contributed by atoms with Crippen molar-refractivity contribution < 1.29 is 17.9 Å². The van der Waals surface area contributed by atoms with E-state index in [-0.39, 0.29) is 11.1 Å². The Morgan fingerprint density at radius 2 is 1.53 bits per heavy atom. The summed E-state index contributed by atoms with van der Waals surface area (Å²) < 4.78 is 42.6. The lowest BCUT2D eigenvalue weighted by Gasteiger charge is -2.43. The van der Waals surface area contributed by atoms with E-state index in [1.165, 1.54) is 0 Å². The van der Waals surface area contributed by atoms with Crippen molar-refractivity contribution in [3.8, 4) is 5.75 Å². The average molecular weight is 537 g/mol. The number of fused-ring (bicyclic) bond motifs is 1. The van der Waals surface area contributed by atoms with Gasteiger partial charge in [0.2, 0.25) is 0 Å². The largest absolute Gasteiger partial charge is 0.497 e. The monoisotopic (exact) mass is 536 g/mol. The molecule has 0 aliphatic rings. The fraction of sp³-hybridized carbons (Fsp3) is 0.355. The van der Waals surface area contributed by atoms with Crippen molar-refractivity contribution in [2.24, 2.45) is 0 Å². The van der Waals surface area contributed by atoms with Gasteiger partial charge in [0.05, 0.1) is 20.3 Å². The van der Waals surface area contributed by atoms with E-state index >= 15 is 8.78 Å². The minimum Gasteiger partial charge on any atom is -0.497 e. The maximum Gasteiger partial charge on any atom is 0.281 e. The van der Waals surface area contributed by atoms with Gasteiger partial charge in [0, 0.05) is 23.1 Å². The number of methoxy groups -OCH3 is 1. The lowest BCUT2D eigenvalue weighted by molar-refractivity contribution is -0.0433. The Balaban J connectivity index is 1.49. The Morgan fingerprint density at radius 1 is 0.921 bits per heavy atom. The number of benzene rings is 3. The van der Waals surface area contributed by atoms with E-state index in [4.69, 9.17) is 9.16 Å². The Bertz CT molecular complexity index is 1280. The molecule has 0 spiro atoms. The first-order valence-corrected chi connectivity index (χ1v) is 15.0. The van der Waals surface area contributed by atoms with Crippen molar-refractivity contribution in [2.45, 2.75) is 51.1 Å². The number of hydrogen-bond acceptors (Lipinski definition) is 3. The molecule has 0 saturated carbocycles. The Hall–Kier alpha value is -3.00. The first-order chi connectivity index (χ1) is 18.1. The predicted octanol–water partition coefficient (Wildman–Crippen LogP) is 5.91. The van der Waals surface area contributed by atoms with Crippen LogP contribution in [-0.2, 0) is 10.8 Å². The second kappa shape index (κ2) is 11.4. The molecule has 0 unspecified atom stereocenters. The van der Waals surface area contributed by atoms with Crippen LogP contribution in [0.5, 0.6) is 5.75 Å². The van der Waals surface area contributed by atoms with Crippen LogP contribution in [0.25, 0.3) is 10.9 Å². The number of halogens is 2. The summed E-state index contributed by atoms with van der Waals surface area (Å²) in [5.41, 5.74) is 2.06. The number of hydrogen-bond donors (Lipinski definition) is 2. The molecule has 0 fully saturated rings. The van der Waals surface area contributed by atoms with Crippen LogP contribution in [0.4, 0.5) is 8.78 Å². The highest BCUT2D eigenvalue weighted by Crippen LogP contribution is 2.37. The first-order valence-electron chi connectivity index (χ1n) is 13.1.